The molecule has 1 aromatic rings. The zero-order valence-electron chi connectivity index (χ0n) is 3.63. The van der Waals surface area contributed by atoms with Gasteiger partial charge in [0.25, 0.3) is 0 Å². The summed E-state index contributed by atoms with van der Waals surface area (Å²) in [5.41, 5.74) is 0. The normalized spacial score (nSPS) is 10.2. The predicted molar refractivity (Wildman–Crippen MR) is 27.9 cm³/mol. The van der Waals surface area contributed by atoms with E-state index in [-0.39, 0.29) is 0 Å². The number of aryl methyl sites for hydroxylation is 1. The molecule has 0 amide bonds. The molecule has 0 aliphatic heterocycles. The molecular weight excluding hydrogens is 93.0 g/mol. The van der Waals surface area contributed by atoms with Gasteiger partial charge in [0.2, 0.25) is 0 Å². The zero-order chi connectivity index (χ0) is 4.41. The molecule has 0 aliphatic carbocycles. The number of hydrogen-bond acceptors (Lipinski definition) is 0. The summed E-state index contributed by atoms with van der Waals surface area (Å²) in [5.74, 6) is 4.19. The third-order valence-corrected chi connectivity index (χ3v) is 1.44. The summed E-state index contributed by atoms with van der Waals surface area (Å²) < 4.78 is 2.04. The van der Waals surface area contributed by atoms with E-state index in [1.165, 1.54) is 8.19 Å². The summed E-state index contributed by atoms with van der Waals surface area (Å²) in [6, 6.07) is 0. The lowest BCUT2D eigenvalue weighted by Gasteiger charge is -1.78. The van der Waals surface area contributed by atoms with Crippen LogP contribution in [0.1, 0.15) is 0 Å². The van der Waals surface area contributed by atoms with Gasteiger partial charge in [-0.3, -0.25) is 0 Å². The summed E-state index contributed by atoms with van der Waals surface area (Å²) in [4.78, 5) is 0. The van der Waals surface area contributed by atoms with Gasteiger partial charge in [-0.25, -0.2) is 0 Å². The van der Waals surface area contributed by atoms with Crippen molar-refractivity contribution in [3.05, 3.63) is 17.9 Å². The van der Waals surface area contributed by atoms with Crippen molar-refractivity contribution in [1.29, 1.82) is 0 Å². The maximum absolute atomic E-state index is 2.10. The van der Waals surface area contributed by atoms with Gasteiger partial charge in [-0.15, -0.1) is 0 Å². The Morgan fingerprint density at radius 2 is 2.50 bits per heavy atom. The molecule has 1 aromatic heterocycles. The predicted octanol–water partition coefficient (Wildman–Crippen LogP) is 1.61. The lowest BCUT2D eigenvalue weighted by Crippen LogP contribution is -1.74. The Balaban J connectivity index is 3.05. The van der Waals surface area contributed by atoms with Gasteiger partial charge < -0.3 is 4.57 Å². The van der Waals surface area contributed by atoms with Crippen molar-refractivity contribution in [2.45, 2.75) is 0 Å². The third kappa shape index (κ3) is 0.605. The van der Waals surface area contributed by atoms with Crippen LogP contribution in [0, 0.1) is 0 Å². The Hall–Kier alpha value is -0.290. The van der Waals surface area contributed by atoms with E-state index in [9.17, 15) is 0 Å². The summed E-state index contributed by atoms with van der Waals surface area (Å²) >= 11 is 0. The topological polar surface area (TPSA) is 4.93 Å². The first-order valence-electron chi connectivity index (χ1n) is 1.81. The quantitative estimate of drug-likeness (QED) is 0.465. The molecule has 0 bridgehead atoms. The van der Waals surface area contributed by atoms with E-state index < -0.39 is 0 Å². The molecule has 0 N–H and O–H groups in total. The minimum atomic E-state index is 1.31. The average molecular weight is 99.1 g/mol. The van der Waals surface area contributed by atoms with Crippen LogP contribution >= 0.6 is 8.19 Å². The highest BCUT2D eigenvalue weighted by molar-refractivity contribution is 7.28. The van der Waals surface area contributed by atoms with Gasteiger partial charge in [0.15, 0.2) is 0 Å². The zero-order valence-corrected chi connectivity index (χ0v) is 4.52. The minimum Gasteiger partial charge on any atom is -0.353 e. The average Bonchev–Trinajstić information content (AvgIpc) is 1.86. The Labute approximate surface area is 38.7 Å². The Morgan fingerprint density at radius 3 is 2.67 bits per heavy atom. The van der Waals surface area contributed by atoms with Crippen molar-refractivity contribution in [3.63, 3.8) is 0 Å². The van der Waals surface area contributed by atoms with Crippen LogP contribution in [-0.4, -0.2) is 4.57 Å². The molecule has 0 spiro atoms. The van der Waals surface area contributed by atoms with Crippen LogP contribution in [-0.2, 0) is 7.05 Å². The van der Waals surface area contributed by atoms with Gasteiger partial charge >= 0.3 is 0 Å². The molecule has 0 aromatic carbocycles. The van der Waals surface area contributed by atoms with Crippen molar-refractivity contribution >= 4 is 8.19 Å². The van der Waals surface area contributed by atoms with Crippen LogP contribution in [0.25, 0.3) is 0 Å². The lowest BCUT2D eigenvalue weighted by atomic mass is 10.9. The van der Waals surface area contributed by atoms with Crippen LogP contribution in [0.3, 0.4) is 0 Å². The van der Waals surface area contributed by atoms with Crippen molar-refractivity contribution in [3.8, 4) is 0 Å². The van der Waals surface area contributed by atoms with Gasteiger partial charge in [0.05, 0.1) is 0 Å². The fourth-order valence-corrected chi connectivity index (χ4v) is 0.977. The highest BCUT2D eigenvalue weighted by atomic mass is 31.0. The fraction of sp³-hybridized carbons (Fsp3) is 0.250. The van der Waals surface area contributed by atoms with Gasteiger partial charge in [0.1, 0.15) is 0 Å². The van der Waals surface area contributed by atoms with Crippen LogP contribution in [0.4, 0.5) is 0 Å². The number of nitrogens with zero attached hydrogens (tertiary/aromatic N) is 1. The van der Waals surface area contributed by atoms with E-state index in [2.05, 4.69) is 11.7 Å². The Bertz CT molecular complexity index is 111. The van der Waals surface area contributed by atoms with Gasteiger partial charge in [-0.1, -0.05) is 8.19 Å². The molecule has 0 atom stereocenters. The summed E-state index contributed by atoms with van der Waals surface area (Å²) in [7, 11) is 3.33. The second-order valence-electron chi connectivity index (χ2n) is 1.23. The lowest BCUT2D eigenvalue weighted by molar-refractivity contribution is 0.934. The van der Waals surface area contributed by atoms with E-state index in [0.717, 1.165) is 0 Å². The Morgan fingerprint density at radius 1 is 1.67 bits per heavy atom. The number of hydrogen-bond donors (Lipinski definition) is 0. The first-order valence-corrected chi connectivity index (χ1v) is 2.85. The third-order valence-electron chi connectivity index (χ3n) is 0.637. The van der Waals surface area contributed by atoms with E-state index in [1.807, 2.05) is 17.8 Å². The molecule has 6 heavy (non-hydrogen) atoms. The number of aromatic nitrogens is 1. The molecule has 0 fully saturated rings. The first-order chi connectivity index (χ1) is 2.89. The molecule has 1 nitrogen and oxygen atoms in total. The fourth-order valence-electron chi connectivity index (χ4n) is 0.326. The Kier molecular flexibility index (Phi) is 0.932. The van der Waals surface area contributed by atoms with Crippen LogP contribution in [0.15, 0.2) is 17.9 Å². The van der Waals surface area contributed by atoms with Crippen molar-refractivity contribution in [2.24, 2.45) is 7.05 Å². The molecule has 1 rings (SSSR count). The van der Waals surface area contributed by atoms with Crippen LogP contribution < -0.4 is 0 Å². The van der Waals surface area contributed by atoms with Crippen molar-refractivity contribution in [1.82, 2.24) is 4.57 Å². The maximum Gasteiger partial charge on any atom is 0.0308 e. The van der Waals surface area contributed by atoms with E-state index in [0.29, 0.717) is 0 Å². The highest BCUT2D eigenvalue weighted by Gasteiger charge is 1.69. The largest absolute Gasteiger partial charge is 0.353 e. The molecule has 32 valence electrons. The molecule has 0 saturated carbocycles. The highest BCUT2D eigenvalue weighted by Crippen LogP contribution is 1.99. The second kappa shape index (κ2) is 1.44. The van der Waals surface area contributed by atoms with Gasteiger partial charge in [-0.05, 0) is 5.80 Å². The van der Waals surface area contributed by atoms with E-state index in [4.69, 9.17) is 0 Å². The monoisotopic (exact) mass is 99.0 g/mol. The minimum absolute atomic E-state index is 1.31. The first kappa shape index (κ1) is 3.89. The molecule has 0 unspecified atom stereocenters. The van der Waals surface area contributed by atoms with Crippen LogP contribution in [0.2, 0.25) is 0 Å². The maximum atomic E-state index is 2.10. The van der Waals surface area contributed by atoms with E-state index >= 15 is 0 Å². The summed E-state index contributed by atoms with van der Waals surface area (Å²) in [6.45, 7) is 0. The molecule has 1 heterocycles. The smallest absolute Gasteiger partial charge is 0.0308 e. The molecule has 2 heteroatoms. The summed E-state index contributed by atoms with van der Waals surface area (Å²) in [5, 5.41) is 0. The second-order valence-corrected chi connectivity index (χ2v) is 2.06. The summed E-state index contributed by atoms with van der Waals surface area (Å²) in [6.07, 6.45) is 2.04. The molecule has 0 saturated heterocycles. The standard InChI is InChI=1S/C4H6NP/c1-5-2-3-6-4-5/h2-4H,1H3. The van der Waals surface area contributed by atoms with Crippen LogP contribution in [0.5, 0.6) is 0 Å². The molecular formula is C4H6NP. The van der Waals surface area contributed by atoms with Crippen molar-refractivity contribution < 1.29 is 0 Å². The van der Waals surface area contributed by atoms with Crippen molar-refractivity contribution in [2.75, 3.05) is 0 Å². The molecule has 0 radical (unpaired) electrons. The van der Waals surface area contributed by atoms with Gasteiger partial charge in [-0.2, -0.15) is 0 Å². The number of rotatable bonds is 0. The van der Waals surface area contributed by atoms with Gasteiger partial charge in [0, 0.05) is 19.2 Å². The SMILES string of the molecule is Cn1ccpc1. The van der Waals surface area contributed by atoms with E-state index in [1.54, 1.807) is 0 Å². The molecule has 0 aliphatic rings.